The number of carbonyl (C=O) groups is 1. The minimum atomic E-state index is -0.217. The van der Waals surface area contributed by atoms with Crippen LogP contribution in [-0.4, -0.2) is 5.78 Å². The monoisotopic (exact) mass is 212 g/mol. The summed E-state index contributed by atoms with van der Waals surface area (Å²) in [6.45, 7) is 1.78. The minimum absolute atomic E-state index is 0.217. The van der Waals surface area contributed by atoms with Crippen LogP contribution in [0.3, 0.4) is 0 Å². The lowest BCUT2D eigenvalue weighted by Gasteiger charge is -2.40. The fourth-order valence-corrected chi connectivity index (χ4v) is 2.35. The first-order valence-corrected chi connectivity index (χ1v) is 5.78. The van der Waals surface area contributed by atoms with Gasteiger partial charge in [-0.05, 0) is 25.3 Å². The molecule has 1 aliphatic carbocycles. The zero-order valence-corrected chi connectivity index (χ0v) is 9.62. The van der Waals surface area contributed by atoms with E-state index in [1.165, 1.54) is 5.56 Å². The van der Waals surface area contributed by atoms with Gasteiger partial charge in [0.1, 0.15) is 0 Å². The molecule has 82 valence electrons. The van der Waals surface area contributed by atoms with E-state index in [-0.39, 0.29) is 5.41 Å². The number of benzene rings is 1. The second-order valence-corrected chi connectivity index (χ2v) is 4.33. The molecular formula is C15H16O. The zero-order valence-electron chi connectivity index (χ0n) is 9.62. The highest BCUT2D eigenvalue weighted by Crippen LogP contribution is 2.44. The molecule has 0 spiro atoms. The summed E-state index contributed by atoms with van der Waals surface area (Å²) in [5.74, 6) is 5.98. The molecule has 1 nitrogen and oxygen atoms in total. The van der Waals surface area contributed by atoms with E-state index in [1.807, 2.05) is 18.2 Å². The topological polar surface area (TPSA) is 17.1 Å². The molecule has 0 atom stereocenters. The van der Waals surface area contributed by atoms with Crippen LogP contribution in [-0.2, 0) is 10.2 Å². The van der Waals surface area contributed by atoms with Crippen LogP contribution in [0.5, 0.6) is 0 Å². The molecule has 1 aromatic carbocycles. The van der Waals surface area contributed by atoms with E-state index in [0.717, 1.165) is 19.3 Å². The second-order valence-electron chi connectivity index (χ2n) is 4.33. The van der Waals surface area contributed by atoms with Crippen LogP contribution in [0.1, 0.15) is 38.2 Å². The standard InChI is InChI=1S/C15H16O/c1-2-3-10-14(16)15(11-7-12-15)13-8-5-4-6-9-13/h4-6,8-9H,7,10-12H2,1H3. The number of hydrogen-bond donors (Lipinski definition) is 0. The molecular weight excluding hydrogens is 196 g/mol. The number of rotatable bonds is 3. The van der Waals surface area contributed by atoms with Crippen LogP contribution in [0.15, 0.2) is 30.3 Å². The first-order valence-electron chi connectivity index (χ1n) is 5.78. The van der Waals surface area contributed by atoms with Crippen LogP contribution in [0.25, 0.3) is 0 Å². The lowest BCUT2D eigenvalue weighted by molar-refractivity contribution is -0.126. The van der Waals surface area contributed by atoms with Gasteiger partial charge in [0.05, 0.1) is 11.8 Å². The van der Waals surface area contributed by atoms with Crippen molar-refractivity contribution in [1.82, 2.24) is 0 Å². The van der Waals surface area contributed by atoms with Gasteiger partial charge in [0.2, 0.25) is 0 Å². The Bertz CT molecular complexity index is 429. The smallest absolute Gasteiger partial charge is 0.155 e. The third-order valence-corrected chi connectivity index (χ3v) is 3.49. The van der Waals surface area contributed by atoms with E-state index in [4.69, 9.17) is 0 Å². The van der Waals surface area contributed by atoms with Crippen molar-refractivity contribution in [1.29, 1.82) is 0 Å². The summed E-state index contributed by atoms with van der Waals surface area (Å²) in [6, 6.07) is 10.1. The fourth-order valence-electron chi connectivity index (χ4n) is 2.35. The van der Waals surface area contributed by atoms with Crippen molar-refractivity contribution in [2.45, 2.75) is 38.0 Å². The van der Waals surface area contributed by atoms with Crippen molar-refractivity contribution < 1.29 is 4.79 Å². The van der Waals surface area contributed by atoms with Gasteiger partial charge in [-0.3, -0.25) is 4.79 Å². The summed E-state index contributed by atoms with van der Waals surface area (Å²) in [5, 5.41) is 0. The molecule has 0 aromatic heterocycles. The molecule has 2 rings (SSSR count). The largest absolute Gasteiger partial charge is 0.298 e. The number of ketones is 1. The molecule has 0 saturated heterocycles. The maximum absolute atomic E-state index is 12.2. The van der Waals surface area contributed by atoms with Gasteiger partial charge < -0.3 is 0 Å². The van der Waals surface area contributed by atoms with Gasteiger partial charge >= 0.3 is 0 Å². The predicted molar refractivity (Wildman–Crippen MR) is 65.0 cm³/mol. The molecule has 1 aromatic rings. The SMILES string of the molecule is CC#CCC(=O)C1(c2ccccc2)CCC1. The molecule has 0 bridgehead atoms. The Balaban J connectivity index is 2.25. The Morgan fingerprint density at radius 2 is 2.00 bits per heavy atom. The van der Waals surface area contributed by atoms with Crippen LogP contribution in [0.4, 0.5) is 0 Å². The Morgan fingerprint density at radius 3 is 2.50 bits per heavy atom. The van der Waals surface area contributed by atoms with E-state index in [9.17, 15) is 4.79 Å². The fraction of sp³-hybridized carbons (Fsp3) is 0.400. The quantitative estimate of drug-likeness (QED) is 0.704. The molecule has 1 saturated carbocycles. The average Bonchev–Trinajstić information content (AvgIpc) is 2.26. The summed E-state index contributed by atoms with van der Waals surface area (Å²) < 4.78 is 0. The van der Waals surface area contributed by atoms with Gasteiger partial charge in [-0.2, -0.15) is 0 Å². The maximum Gasteiger partial charge on any atom is 0.155 e. The van der Waals surface area contributed by atoms with Crippen molar-refractivity contribution in [3.8, 4) is 11.8 Å². The average molecular weight is 212 g/mol. The molecule has 16 heavy (non-hydrogen) atoms. The van der Waals surface area contributed by atoms with E-state index in [0.29, 0.717) is 12.2 Å². The van der Waals surface area contributed by atoms with Gasteiger partial charge in [-0.15, -0.1) is 5.92 Å². The van der Waals surface area contributed by atoms with E-state index >= 15 is 0 Å². The lowest BCUT2D eigenvalue weighted by Crippen LogP contribution is -2.42. The first kappa shape index (κ1) is 11.0. The van der Waals surface area contributed by atoms with Crippen molar-refractivity contribution in [3.05, 3.63) is 35.9 Å². The third-order valence-electron chi connectivity index (χ3n) is 3.49. The van der Waals surface area contributed by atoms with Crippen molar-refractivity contribution in [3.63, 3.8) is 0 Å². The normalized spacial score (nSPS) is 16.8. The van der Waals surface area contributed by atoms with E-state index in [2.05, 4.69) is 24.0 Å². The maximum atomic E-state index is 12.2. The van der Waals surface area contributed by atoms with Gasteiger partial charge in [0.25, 0.3) is 0 Å². The predicted octanol–water partition coefficient (Wildman–Crippen LogP) is 3.09. The Hall–Kier alpha value is -1.55. The number of carbonyl (C=O) groups excluding carboxylic acids is 1. The van der Waals surface area contributed by atoms with Crippen LogP contribution >= 0.6 is 0 Å². The second kappa shape index (κ2) is 4.53. The lowest BCUT2D eigenvalue weighted by atomic mass is 9.61. The molecule has 0 amide bonds. The van der Waals surface area contributed by atoms with Crippen molar-refractivity contribution in [2.75, 3.05) is 0 Å². The molecule has 0 radical (unpaired) electrons. The molecule has 0 unspecified atom stereocenters. The molecule has 0 aliphatic heterocycles. The summed E-state index contributed by atoms with van der Waals surface area (Å²) in [6.07, 6.45) is 3.52. The summed E-state index contributed by atoms with van der Waals surface area (Å²) in [5.41, 5.74) is 0.953. The summed E-state index contributed by atoms with van der Waals surface area (Å²) in [7, 11) is 0. The molecule has 1 heteroatoms. The van der Waals surface area contributed by atoms with Crippen LogP contribution in [0, 0.1) is 11.8 Å². The zero-order chi connectivity index (χ0) is 11.4. The van der Waals surface area contributed by atoms with Gasteiger partial charge in [0.15, 0.2) is 5.78 Å². The molecule has 0 N–H and O–H groups in total. The molecule has 1 fully saturated rings. The van der Waals surface area contributed by atoms with E-state index < -0.39 is 0 Å². The highest BCUT2D eigenvalue weighted by Gasteiger charge is 2.44. The Labute approximate surface area is 96.9 Å². The van der Waals surface area contributed by atoms with Crippen molar-refractivity contribution >= 4 is 5.78 Å². The third kappa shape index (κ3) is 1.76. The summed E-state index contributed by atoms with van der Waals surface area (Å²) in [4.78, 5) is 12.2. The highest BCUT2D eigenvalue weighted by atomic mass is 16.1. The highest BCUT2D eigenvalue weighted by molar-refractivity contribution is 5.92. The van der Waals surface area contributed by atoms with E-state index in [1.54, 1.807) is 6.92 Å². The molecule has 1 aliphatic rings. The minimum Gasteiger partial charge on any atom is -0.298 e. The van der Waals surface area contributed by atoms with Gasteiger partial charge in [0, 0.05) is 0 Å². The number of hydrogen-bond acceptors (Lipinski definition) is 1. The Kier molecular flexibility index (Phi) is 3.10. The van der Waals surface area contributed by atoms with Crippen LogP contribution in [0.2, 0.25) is 0 Å². The molecule has 0 heterocycles. The van der Waals surface area contributed by atoms with Gasteiger partial charge in [-0.25, -0.2) is 0 Å². The summed E-state index contributed by atoms with van der Waals surface area (Å²) >= 11 is 0. The van der Waals surface area contributed by atoms with Crippen molar-refractivity contribution in [2.24, 2.45) is 0 Å². The van der Waals surface area contributed by atoms with Crippen LogP contribution < -0.4 is 0 Å². The first-order chi connectivity index (χ1) is 7.79. The number of Topliss-reactive ketones (excluding diaryl/α,β-unsaturated/α-hetero) is 1. The Morgan fingerprint density at radius 1 is 1.31 bits per heavy atom. The van der Waals surface area contributed by atoms with Gasteiger partial charge in [-0.1, -0.05) is 42.7 Å².